The number of carbonyl (C=O) groups is 2. The minimum Gasteiger partial charge on any atom is -0.494 e. The van der Waals surface area contributed by atoms with Crippen LogP contribution >= 0.6 is 0 Å². The first kappa shape index (κ1) is 18.5. The third-order valence-electron chi connectivity index (χ3n) is 3.48. The third-order valence-corrected chi connectivity index (χ3v) is 3.48. The molecule has 0 fully saturated rings. The zero-order valence-electron chi connectivity index (χ0n) is 14.4. The molecule has 0 bridgehead atoms. The van der Waals surface area contributed by atoms with Gasteiger partial charge in [0.1, 0.15) is 5.75 Å². The Balaban J connectivity index is 1.55. The van der Waals surface area contributed by atoms with Gasteiger partial charge < -0.3 is 14.8 Å². The van der Waals surface area contributed by atoms with Gasteiger partial charge in [-0.15, -0.1) is 0 Å². The number of rotatable bonds is 9. The van der Waals surface area contributed by atoms with Crippen LogP contribution in [0.25, 0.3) is 0 Å². The number of esters is 1. The molecule has 2 aromatic rings. The molecular formula is C20H23NO4. The SMILES string of the molecule is Cc1cccc(OCCCC(=O)OCC(=O)NCc2ccccc2)c1. The van der Waals surface area contributed by atoms with E-state index in [1.54, 1.807) is 0 Å². The van der Waals surface area contributed by atoms with Gasteiger partial charge in [-0.1, -0.05) is 42.5 Å². The summed E-state index contributed by atoms with van der Waals surface area (Å²) in [5, 5.41) is 2.71. The molecule has 1 amide bonds. The van der Waals surface area contributed by atoms with Crippen LogP contribution in [-0.2, 0) is 20.9 Å². The predicted molar refractivity (Wildman–Crippen MR) is 95.2 cm³/mol. The Morgan fingerprint density at radius 2 is 1.84 bits per heavy atom. The molecule has 0 aromatic heterocycles. The van der Waals surface area contributed by atoms with Crippen LogP contribution in [0.4, 0.5) is 0 Å². The first-order chi connectivity index (χ1) is 12.1. The van der Waals surface area contributed by atoms with Crippen molar-refractivity contribution in [1.82, 2.24) is 5.32 Å². The Morgan fingerprint density at radius 1 is 1.04 bits per heavy atom. The van der Waals surface area contributed by atoms with Crippen molar-refractivity contribution in [3.05, 3.63) is 65.7 Å². The van der Waals surface area contributed by atoms with Crippen LogP contribution in [0.1, 0.15) is 24.0 Å². The van der Waals surface area contributed by atoms with Crippen molar-refractivity contribution in [2.75, 3.05) is 13.2 Å². The van der Waals surface area contributed by atoms with Crippen LogP contribution < -0.4 is 10.1 Å². The van der Waals surface area contributed by atoms with Crippen molar-refractivity contribution in [3.63, 3.8) is 0 Å². The highest BCUT2D eigenvalue weighted by Gasteiger charge is 2.07. The molecule has 0 heterocycles. The highest BCUT2D eigenvalue weighted by molar-refractivity contribution is 5.80. The molecule has 0 unspecified atom stereocenters. The Labute approximate surface area is 148 Å². The molecule has 1 N–H and O–H groups in total. The summed E-state index contributed by atoms with van der Waals surface area (Å²) in [5.41, 5.74) is 2.12. The predicted octanol–water partition coefficient (Wildman–Crippen LogP) is 3.01. The Kier molecular flexibility index (Phi) is 7.50. The Bertz CT molecular complexity index is 685. The summed E-state index contributed by atoms with van der Waals surface area (Å²) in [4.78, 5) is 23.3. The maximum absolute atomic E-state index is 11.7. The van der Waals surface area contributed by atoms with Crippen molar-refractivity contribution in [3.8, 4) is 5.75 Å². The third kappa shape index (κ3) is 7.52. The zero-order valence-corrected chi connectivity index (χ0v) is 14.4. The van der Waals surface area contributed by atoms with Gasteiger partial charge in [-0.2, -0.15) is 0 Å². The lowest BCUT2D eigenvalue weighted by Gasteiger charge is -2.08. The molecule has 0 aliphatic rings. The summed E-state index contributed by atoms with van der Waals surface area (Å²) in [6.07, 6.45) is 0.760. The van der Waals surface area contributed by atoms with Crippen molar-refractivity contribution in [1.29, 1.82) is 0 Å². The van der Waals surface area contributed by atoms with Crippen molar-refractivity contribution < 1.29 is 19.1 Å². The molecule has 0 atom stereocenters. The lowest BCUT2D eigenvalue weighted by Crippen LogP contribution is -2.28. The fourth-order valence-electron chi connectivity index (χ4n) is 2.18. The van der Waals surface area contributed by atoms with Gasteiger partial charge in [0.2, 0.25) is 0 Å². The first-order valence-electron chi connectivity index (χ1n) is 8.29. The van der Waals surface area contributed by atoms with Gasteiger partial charge in [0.15, 0.2) is 6.61 Å². The monoisotopic (exact) mass is 341 g/mol. The van der Waals surface area contributed by atoms with E-state index in [9.17, 15) is 9.59 Å². The molecule has 0 aliphatic heterocycles. The summed E-state index contributed by atoms with van der Waals surface area (Å²) in [5.74, 6) is 0.0737. The fourth-order valence-corrected chi connectivity index (χ4v) is 2.18. The van der Waals surface area contributed by atoms with Crippen molar-refractivity contribution >= 4 is 11.9 Å². The topological polar surface area (TPSA) is 64.6 Å². The molecule has 0 saturated heterocycles. The largest absolute Gasteiger partial charge is 0.494 e. The number of carbonyl (C=O) groups excluding carboxylic acids is 2. The van der Waals surface area contributed by atoms with Gasteiger partial charge in [-0.25, -0.2) is 0 Å². The lowest BCUT2D eigenvalue weighted by molar-refractivity contribution is -0.148. The van der Waals surface area contributed by atoms with Crippen LogP contribution in [0.3, 0.4) is 0 Å². The summed E-state index contributed by atoms with van der Waals surface area (Å²) in [6.45, 7) is 2.58. The van der Waals surface area contributed by atoms with Crippen LogP contribution in [0.15, 0.2) is 54.6 Å². The maximum Gasteiger partial charge on any atom is 0.306 e. The highest BCUT2D eigenvalue weighted by Crippen LogP contribution is 2.12. The maximum atomic E-state index is 11.7. The summed E-state index contributed by atoms with van der Waals surface area (Å²) >= 11 is 0. The molecule has 132 valence electrons. The van der Waals surface area contributed by atoms with E-state index in [0.29, 0.717) is 19.6 Å². The average molecular weight is 341 g/mol. The van der Waals surface area contributed by atoms with Gasteiger partial charge in [-0.05, 0) is 36.6 Å². The minimum absolute atomic E-state index is 0.220. The minimum atomic E-state index is -0.400. The quantitative estimate of drug-likeness (QED) is 0.562. The fraction of sp³-hybridized carbons (Fsp3) is 0.300. The van der Waals surface area contributed by atoms with Gasteiger partial charge in [0, 0.05) is 13.0 Å². The number of amides is 1. The summed E-state index contributed by atoms with van der Waals surface area (Å²) < 4.78 is 10.5. The second-order valence-corrected chi connectivity index (χ2v) is 5.69. The molecule has 25 heavy (non-hydrogen) atoms. The molecule has 0 aliphatic carbocycles. The summed E-state index contributed by atoms with van der Waals surface area (Å²) in [7, 11) is 0. The van der Waals surface area contributed by atoms with Gasteiger partial charge in [0.25, 0.3) is 5.91 Å². The second-order valence-electron chi connectivity index (χ2n) is 5.69. The zero-order chi connectivity index (χ0) is 17.9. The van der Waals surface area contributed by atoms with Crippen LogP contribution in [0, 0.1) is 6.92 Å². The molecule has 2 rings (SSSR count). The smallest absolute Gasteiger partial charge is 0.306 e. The molecule has 0 spiro atoms. The van der Waals surface area contributed by atoms with Crippen molar-refractivity contribution in [2.45, 2.75) is 26.3 Å². The van der Waals surface area contributed by atoms with Gasteiger partial charge in [0.05, 0.1) is 6.61 Å². The van der Waals surface area contributed by atoms with E-state index < -0.39 is 5.97 Å². The number of nitrogens with one attached hydrogen (secondary N) is 1. The number of hydrogen-bond acceptors (Lipinski definition) is 4. The van der Waals surface area contributed by atoms with E-state index in [0.717, 1.165) is 16.9 Å². The van der Waals surface area contributed by atoms with Crippen molar-refractivity contribution in [2.24, 2.45) is 0 Å². The number of aryl methyl sites for hydroxylation is 1. The first-order valence-corrected chi connectivity index (χ1v) is 8.29. The van der Waals surface area contributed by atoms with E-state index >= 15 is 0 Å². The van der Waals surface area contributed by atoms with E-state index in [4.69, 9.17) is 9.47 Å². The Morgan fingerprint density at radius 3 is 2.60 bits per heavy atom. The van der Waals surface area contributed by atoms with Crippen LogP contribution in [-0.4, -0.2) is 25.1 Å². The van der Waals surface area contributed by atoms with E-state index in [1.165, 1.54) is 0 Å². The van der Waals surface area contributed by atoms with E-state index in [-0.39, 0.29) is 18.9 Å². The normalized spacial score (nSPS) is 10.1. The molecule has 2 aromatic carbocycles. The second kappa shape index (κ2) is 10.1. The van der Waals surface area contributed by atoms with Crippen LogP contribution in [0.5, 0.6) is 5.75 Å². The molecule has 5 heteroatoms. The number of benzene rings is 2. The average Bonchev–Trinajstić information content (AvgIpc) is 2.63. The molecular weight excluding hydrogens is 318 g/mol. The Hall–Kier alpha value is -2.82. The number of ether oxygens (including phenoxy) is 2. The molecule has 0 saturated carbocycles. The lowest BCUT2D eigenvalue weighted by atomic mass is 10.2. The van der Waals surface area contributed by atoms with E-state index in [2.05, 4.69) is 5.32 Å². The van der Waals surface area contributed by atoms with Gasteiger partial charge in [-0.3, -0.25) is 9.59 Å². The van der Waals surface area contributed by atoms with E-state index in [1.807, 2.05) is 61.5 Å². The number of hydrogen-bond donors (Lipinski definition) is 1. The molecule has 0 radical (unpaired) electrons. The highest BCUT2D eigenvalue weighted by atomic mass is 16.5. The molecule has 5 nitrogen and oxygen atoms in total. The standard InChI is InChI=1S/C20H23NO4/c1-16-7-5-10-18(13-16)24-12-6-11-20(23)25-15-19(22)21-14-17-8-3-2-4-9-17/h2-5,7-10,13H,6,11-12,14-15H2,1H3,(H,21,22). The summed E-state index contributed by atoms with van der Waals surface area (Å²) in [6, 6.07) is 17.3. The van der Waals surface area contributed by atoms with Gasteiger partial charge >= 0.3 is 5.97 Å². The van der Waals surface area contributed by atoms with Crippen LogP contribution in [0.2, 0.25) is 0 Å².